The summed E-state index contributed by atoms with van der Waals surface area (Å²) in [5.41, 5.74) is 0. The lowest BCUT2D eigenvalue weighted by molar-refractivity contribution is 0.243. The van der Waals surface area contributed by atoms with E-state index in [9.17, 15) is 0 Å². The summed E-state index contributed by atoms with van der Waals surface area (Å²) >= 11 is 6.04. The molecule has 90 valence electrons. The van der Waals surface area contributed by atoms with Gasteiger partial charge in [0.05, 0.1) is 11.5 Å². The van der Waals surface area contributed by atoms with Gasteiger partial charge in [0.2, 0.25) is 0 Å². The fraction of sp³-hybridized carbons (Fsp3) is 0.583. The summed E-state index contributed by atoms with van der Waals surface area (Å²) < 4.78 is 5.64. The molecule has 1 unspecified atom stereocenters. The highest BCUT2D eigenvalue weighted by molar-refractivity contribution is 6.20. The molecule has 1 rings (SSSR count). The van der Waals surface area contributed by atoms with Crippen LogP contribution in [-0.2, 0) is 0 Å². The lowest BCUT2D eigenvalue weighted by Gasteiger charge is -2.15. The van der Waals surface area contributed by atoms with Gasteiger partial charge in [0.25, 0.3) is 0 Å². The summed E-state index contributed by atoms with van der Waals surface area (Å²) in [4.78, 5) is 4.24. The van der Waals surface area contributed by atoms with E-state index < -0.39 is 0 Å². The molecule has 0 spiro atoms. The van der Waals surface area contributed by atoms with E-state index in [1.54, 1.807) is 6.20 Å². The van der Waals surface area contributed by atoms with Gasteiger partial charge in [-0.25, -0.2) is 4.98 Å². The van der Waals surface area contributed by atoms with E-state index in [1.165, 1.54) is 0 Å². The Labute approximate surface area is 102 Å². The van der Waals surface area contributed by atoms with Gasteiger partial charge in [-0.3, -0.25) is 0 Å². The number of ether oxygens (including phenoxy) is 1. The number of nitrogens with one attached hydrogen (secondary N) is 1. The van der Waals surface area contributed by atoms with Crippen LogP contribution in [0.15, 0.2) is 18.3 Å². The van der Waals surface area contributed by atoms with Gasteiger partial charge in [-0.05, 0) is 32.4 Å². The van der Waals surface area contributed by atoms with Crippen LogP contribution in [0.25, 0.3) is 0 Å². The molecule has 1 heterocycles. The van der Waals surface area contributed by atoms with Crippen LogP contribution in [0.5, 0.6) is 5.75 Å². The van der Waals surface area contributed by atoms with Gasteiger partial charge in [0.1, 0.15) is 0 Å². The number of pyridine rings is 1. The standard InChI is InChI=1S/C12H19ClN2O/c1-4-10(13)8-15-12-11(16-9(2)3)6-5-7-14-12/h5-7,9-10H,4,8H2,1-3H3,(H,14,15). The van der Waals surface area contributed by atoms with Gasteiger partial charge >= 0.3 is 0 Å². The minimum absolute atomic E-state index is 0.119. The first-order valence-electron chi connectivity index (χ1n) is 5.63. The molecule has 0 saturated heterocycles. The van der Waals surface area contributed by atoms with Crippen LogP contribution in [0.2, 0.25) is 0 Å². The molecule has 1 atom stereocenters. The van der Waals surface area contributed by atoms with Gasteiger partial charge < -0.3 is 10.1 Å². The number of hydrogen-bond donors (Lipinski definition) is 1. The molecule has 1 N–H and O–H groups in total. The molecule has 0 aliphatic carbocycles. The number of nitrogens with zero attached hydrogens (tertiary/aromatic N) is 1. The van der Waals surface area contributed by atoms with Crippen molar-refractivity contribution in [3.8, 4) is 5.75 Å². The topological polar surface area (TPSA) is 34.2 Å². The fourth-order valence-electron chi connectivity index (χ4n) is 1.22. The predicted octanol–water partition coefficient (Wildman–Crippen LogP) is 3.30. The highest BCUT2D eigenvalue weighted by atomic mass is 35.5. The number of rotatable bonds is 6. The van der Waals surface area contributed by atoms with E-state index in [2.05, 4.69) is 17.2 Å². The number of anilines is 1. The number of alkyl halides is 1. The Morgan fingerprint density at radius 1 is 1.50 bits per heavy atom. The second kappa shape index (κ2) is 6.59. The van der Waals surface area contributed by atoms with Crippen LogP contribution < -0.4 is 10.1 Å². The molecular formula is C12H19ClN2O. The molecule has 1 aromatic heterocycles. The van der Waals surface area contributed by atoms with Crippen molar-refractivity contribution in [2.75, 3.05) is 11.9 Å². The van der Waals surface area contributed by atoms with Gasteiger partial charge in [-0.2, -0.15) is 0 Å². The average molecular weight is 243 g/mol. The van der Waals surface area contributed by atoms with Crippen molar-refractivity contribution in [3.63, 3.8) is 0 Å². The lowest BCUT2D eigenvalue weighted by atomic mass is 10.3. The Morgan fingerprint density at radius 2 is 2.25 bits per heavy atom. The maximum Gasteiger partial charge on any atom is 0.168 e. The SMILES string of the molecule is CCC(Cl)CNc1ncccc1OC(C)C. The van der Waals surface area contributed by atoms with Crippen LogP contribution in [0, 0.1) is 0 Å². The Balaban J connectivity index is 2.63. The zero-order valence-corrected chi connectivity index (χ0v) is 10.8. The summed E-state index contributed by atoms with van der Waals surface area (Å²) in [7, 11) is 0. The summed E-state index contributed by atoms with van der Waals surface area (Å²) in [6, 6.07) is 3.77. The highest BCUT2D eigenvalue weighted by Gasteiger charge is 2.07. The van der Waals surface area contributed by atoms with Gasteiger partial charge in [-0.15, -0.1) is 11.6 Å². The van der Waals surface area contributed by atoms with Crippen molar-refractivity contribution >= 4 is 17.4 Å². The average Bonchev–Trinajstić information content (AvgIpc) is 2.26. The van der Waals surface area contributed by atoms with Crippen LogP contribution in [0.3, 0.4) is 0 Å². The number of halogens is 1. The maximum absolute atomic E-state index is 6.04. The lowest BCUT2D eigenvalue weighted by Crippen LogP contribution is -2.15. The van der Waals surface area contributed by atoms with Crippen LogP contribution in [0.4, 0.5) is 5.82 Å². The third-order valence-corrected chi connectivity index (χ3v) is 2.53. The minimum atomic E-state index is 0.119. The normalized spacial score (nSPS) is 12.6. The molecule has 0 bridgehead atoms. The molecule has 0 aliphatic heterocycles. The first-order chi connectivity index (χ1) is 7.63. The van der Waals surface area contributed by atoms with Crippen molar-refractivity contribution in [2.24, 2.45) is 0 Å². The Morgan fingerprint density at radius 3 is 2.88 bits per heavy atom. The fourth-order valence-corrected chi connectivity index (χ4v) is 1.30. The Hall–Kier alpha value is -0.960. The van der Waals surface area contributed by atoms with Crippen molar-refractivity contribution in [3.05, 3.63) is 18.3 Å². The molecule has 0 saturated carbocycles. The quantitative estimate of drug-likeness (QED) is 0.778. The zero-order valence-electron chi connectivity index (χ0n) is 10.0. The van der Waals surface area contributed by atoms with Gasteiger partial charge in [0.15, 0.2) is 11.6 Å². The zero-order chi connectivity index (χ0) is 12.0. The molecule has 0 aliphatic rings. The van der Waals surface area contributed by atoms with E-state index in [1.807, 2.05) is 26.0 Å². The van der Waals surface area contributed by atoms with Gasteiger partial charge in [-0.1, -0.05) is 6.92 Å². The van der Waals surface area contributed by atoms with Crippen LogP contribution in [-0.4, -0.2) is 23.0 Å². The summed E-state index contributed by atoms with van der Waals surface area (Å²) in [6.07, 6.45) is 2.81. The summed E-state index contributed by atoms with van der Waals surface area (Å²) in [5.74, 6) is 1.53. The second-order valence-corrected chi connectivity index (χ2v) is 4.52. The largest absolute Gasteiger partial charge is 0.487 e. The first-order valence-corrected chi connectivity index (χ1v) is 6.06. The van der Waals surface area contributed by atoms with Crippen molar-refractivity contribution in [1.82, 2.24) is 4.98 Å². The molecule has 4 heteroatoms. The molecular weight excluding hydrogens is 224 g/mol. The highest BCUT2D eigenvalue weighted by Crippen LogP contribution is 2.22. The molecule has 3 nitrogen and oxygen atoms in total. The Kier molecular flexibility index (Phi) is 5.39. The van der Waals surface area contributed by atoms with Crippen LogP contribution in [0.1, 0.15) is 27.2 Å². The molecule has 1 aromatic rings. The van der Waals surface area contributed by atoms with Crippen molar-refractivity contribution in [1.29, 1.82) is 0 Å². The molecule has 16 heavy (non-hydrogen) atoms. The minimum Gasteiger partial charge on any atom is -0.487 e. The van der Waals surface area contributed by atoms with E-state index in [0.717, 1.165) is 18.0 Å². The monoisotopic (exact) mass is 242 g/mol. The summed E-state index contributed by atoms with van der Waals surface area (Å²) in [5, 5.41) is 3.32. The third kappa shape index (κ3) is 4.27. The van der Waals surface area contributed by atoms with E-state index in [-0.39, 0.29) is 11.5 Å². The number of hydrogen-bond acceptors (Lipinski definition) is 3. The maximum atomic E-state index is 6.04. The summed E-state index contributed by atoms with van der Waals surface area (Å²) in [6.45, 7) is 6.74. The number of aromatic nitrogens is 1. The van der Waals surface area contributed by atoms with E-state index in [0.29, 0.717) is 6.54 Å². The Bertz CT molecular complexity index is 318. The van der Waals surface area contributed by atoms with Gasteiger partial charge in [0, 0.05) is 12.7 Å². The van der Waals surface area contributed by atoms with Crippen molar-refractivity contribution < 1.29 is 4.74 Å². The molecule has 0 amide bonds. The smallest absolute Gasteiger partial charge is 0.168 e. The third-order valence-electron chi connectivity index (χ3n) is 2.07. The van der Waals surface area contributed by atoms with Crippen LogP contribution >= 0.6 is 11.6 Å². The first kappa shape index (κ1) is 13.1. The molecule has 0 fully saturated rings. The predicted molar refractivity (Wildman–Crippen MR) is 68.4 cm³/mol. The second-order valence-electron chi connectivity index (χ2n) is 3.90. The molecule has 0 aromatic carbocycles. The molecule has 0 radical (unpaired) electrons. The van der Waals surface area contributed by atoms with E-state index >= 15 is 0 Å². The van der Waals surface area contributed by atoms with Crippen molar-refractivity contribution in [2.45, 2.75) is 38.7 Å². The van der Waals surface area contributed by atoms with E-state index in [4.69, 9.17) is 16.3 Å².